The van der Waals surface area contributed by atoms with Crippen LogP contribution in [0.2, 0.25) is 0 Å². The van der Waals surface area contributed by atoms with E-state index in [2.05, 4.69) is 5.32 Å². The highest BCUT2D eigenvalue weighted by atomic mass is 32.2. The van der Waals surface area contributed by atoms with Crippen molar-refractivity contribution >= 4 is 23.6 Å². The van der Waals surface area contributed by atoms with Gasteiger partial charge in [0, 0.05) is 17.0 Å². The van der Waals surface area contributed by atoms with Gasteiger partial charge in [-0.3, -0.25) is 9.59 Å². The first-order valence-electron chi connectivity index (χ1n) is 7.49. The summed E-state index contributed by atoms with van der Waals surface area (Å²) in [5, 5.41) is 2.88. The molecule has 4 nitrogen and oxygen atoms in total. The number of nitrogens with one attached hydrogen (secondary N) is 1. The number of thioether (sulfide) groups is 1. The van der Waals surface area contributed by atoms with Gasteiger partial charge >= 0.3 is 0 Å². The van der Waals surface area contributed by atoms with Crippen LogP contribution in [0.1, 0.15) is 33.3 Å². The molecule has 22 heavy (non-hydrogen) atoms. The molecular formula is C17H26N2O2S. The van der Waals surface area contributed by atoms with Crippen LogP contribution < -0.4 is 5.32 Å². The van der Waals surface area contributed by atoms with Gasteiger partial charge in [0.15, 0.2) is 0 Å². The second-order valence-corrected chi connectivity index (χ2v) is 7.36. The fraction of sp³-hybridized carbons (Fsp3) is 0.529. The summed E-state index contributed by atoms with van der Waals surface area (Å²) in [6.07, 6.45) is 0. The van der Waals surface area contributed by atoms with E-state index in [1.54, 1.807) is 4.90 Å². The molecule has 1 rings (SSSR count). The predicted octanol–water partition coefficient (Wildman–Crippen LogP) is 2.85. The number of nitrogens with zero attached hydrogens (tertiary/aromatic N) is 1. The summed E-state index contributed by atoms with van der Waals surface area (Å²) in [5.74, 6) is 0.208. The topological polar surface area (TPSA) is 49.4 Å². The molecule has 1 N–H and O–H groups in total. The molecule has 1 aromatic carbocycles. The van der Waals surface area contributed by atoms with Gasteiger partial charge in [-0.25, -0.2) is 0 Å². The van der Waals surface area contributed by atoms with Gasteiger partial charge in [0.1, 0.15) is 0 Å². The molecule has 0 aliphatic heterocycles. The van der Waals surface area contributed by atoms with Crippen LogP contribution in [0.15, 0.2) is 29.2 Å². The van der Waals surface area contributed by atoms with Crippen molar-refractivity contribution in [1.82, 2.24) is 10.2 Å². The number of hydrogen-bond acceptors (Lipinski definition) is 3. The number of rotatable bonds is 6. The molecular weight excluding hydrogens is 296 g/mol. The van der Waals surface area contributed by atoms with Gasteiger partial charge in [0.05, 0.1) is 12.3 Å². The summed E-state index contributed by atoms with van der Waals surface area (Å²) < 4.78 is 0. The number of carbonyl (C=O) groups excluding carboxylic acids is 2. The zero-order valence-corrected chi connectivity index (χ0v) is 14.9. The van der Waals surface area contributed by atoms with Crippen molar-refractivity contribution in [2.45, 2.75) is 45.1 Å². The Morgan fingerprint density at radius 2 is 1.77 bits per heavy atom. The van der Waals surface area contributed by atoms with Crippen LogP contribution in [0.4, 0.5) is 0 Å². The molecule has 0 bridgehead atoms. The Morgan fingerprint density at radius 1 is 1.18 bits per heavy atom. The number of hydrogen-bond donors (Lipinski definition) is 1. The molecule has 0 atom stereocenters. The zero-order valence-electron chi connectivity index (χ0n) is 14.1. The predicted molar refractivity (Wildman–Crippen MR) is 92.1 cm³/mol. The summed E-state index contributed by atoms with van der Waals surface area (Å²) in [4.78, 5) is 26.8. The van der Waals surface area contributed by atoms with Crippen LogP contribution in [0.3, 0.4) is 0 Å². The lowest BCUT2D eigenvalue weighted by atomic mass is 10.1. The molecule has 0 radical (unpaired) electrons. The van der Waals surface area contributed by atoms with Crippen molar-refractivity contribution in [1.29, 1.82) is 0 Å². The molecule has 122 valence electrons. The van der Waals surface area contributed by atoms with Crippen molar-refractivity contribution in [3.05, 3.63) is 29.8 Å². The maximum atomic E-state index is 12.2. The van der Waals surface area contributed by atoms with E-state index >= 15 is 0 Å². The average Bonchev–Trinajstić information content (AvgIpc) is 2.42. The summed E-state index contributed by atoms with van der Waals surface area (Å²) in [6.45, 7) is 10.3. The van der Waals surface area contributed by atoms with Crippen LogP contribution in [-0.2, 0) is 9.59 Å². The summed E-state index contributed by atoms with van der Waals surface area (Å²) in [7, 11) is 0. The van der Waals surface area contributed by atoms with Gasteiger partial charge in [-0.2, -0.15) is 0 Å². The number of amides is 2. The third-order valence-electron chi connectivity index (χ3n) is 2.97. The van der Waals surface area contributed by atoms with E-state index < -0.39 is 0 Å². The monoisotopic (exact) mass is 322 g/mol. The van der Waals surface area contributed by atoms with Gasteiger partial charge in [-0.05, 0) is 46.8 Å². The van der Waals surface area contributed by atoms with Crippen LogP contribution in [-0.4, -0.2) is 41.1 Å². The average molecular weight is 322 g/mol. The Labute approximate surface area is 137 Å². The summed E-state index contributed by atoms with van der Waals surface area (Å²) in [6, 6.07) is 8.08. The van der Waals surface area contributed by atoms with E-state index in [1.807, 2.05) is 58.9 Å². The van der Waals surface area contributed by atoms with Crippen LogP contribution in [0, 0.1) is 6.92 Å². The molecule has 0 aliphatic rings. The van der Waals surface area contributed by atoms with Crippen LogP contribution in [0.5, 0.6) is 0 Å². The van der Waals surface area contributed by atoms with E-state index in [-0.39, 0.29) is 23.9 Å². The Balaban J connectivity index is 2.50. The first kappa shape index (κ1) is 18.6. The van der Waals surface area contributed by atoms with Gasteiger partial charge < -0.3 is 10.2 Å². The summed E-state index contributed by atoms with van der Waals surface area (Å²) >= 11 is 1.50. The van der Waals surface area contributed by atoms with E-state index in [1.165, 1.54) is 17.3 Å². The van der Waals surface area contributed by atoms with E-state index in [4.69, 9.17) is 0 Å². The van der Waals surface area contributed by atoms with Gasteiger partial charge in [0.2, 0.25) is 11.8 Å². The van der Waals surface area contributed by atoms with E-state index in [0.29, 0.717) is 12.3 Å². The molecule has 0 fully saturated rings. The lowest BCUT2D eigenvalue weighted by Crippen LogP contribution is -2.47. The first-order valence-corrected chi connectivity index (χ1v) is 8.48. The minimum absolute atomic E-state index is 0.0165. The molecule has 5 heteroatoms. The molecule has 0 heterocycles. The molecule has 0 saturated heterocycles. The number of aryl methyl sites for hydroxylation is 1. The highest BCUT2D eigenvalue weighted by molar-refractivity contribution is 8.00. The number of carbonyl (C=O) groups is 2. The number of likely N-dealkylation sites (N-methyl/N-ethyl adjacent to an activating group) is 1. The standard InChI is InChI=1S/C17H26N2O2S/c1-6-19(11-15(20)18-17(3,4)5)16(21)12-22-14-9-7-13(2)8-10-14/h7-10H,6,11-12H2,1-5H3,(H,18,20). The largest absolute Gasteiger partial charge is 0.350 e. The fourth-order valence-corrected chi connectivity index (χ4v) is 2.68. The second-order valence-electron chi connectivity index (χ2n) is 6.31. The Bertz CT molecular complexity index is 506. The quantitative estimate of drug-likeness (QED) is 0.819. The molecule has 0 unspecified atom stereocenters. The number of benzene rings is 1. The molecule has 2 amide bonds. The Kier molecular flexibility index (Phi) is 6.94. The van der Waals surface area contributed by atoms with Gasteiger partial charge in [0.25, 0.3) is 0 Å². The third-order valence-corrected chi connectivity index (χ3v) is 3.96. The van der Waals surface area contributed by atoms with Crippen molar-refractivity contribution in [2.24, 2.45) is 0 Å². The lowest BCUT2D eigenvalue weighted by Gasteiger charge is -2.25. The van der Waals surface area contributed by atoms with Crippen LogP contribution >= 0.6 is 11.8 Å². The minimum atomic E-state index is -0.282. The normalized spacial score (nSPS) is 11.1. The van der Waals surface area contributed by atoms with Crippen molar-refractivity contribution < 1.29 is 9.59 Å². The maximum Gasteiger partial charge on any atom is 0.240 e. The Hall–Kier alpha value is -1.49. The van der Waals surface area contributed by atoms with Crippen molar-refractivity contribution in [3.8, 4) is 0 Å². The second kappa shape index (κ2) is 8.22. The fourth-order valence-electron chi connectivity index (χ4n) is 1.88. The first-order chi connectivity index (χ1) is 10.2. The SMILES string of the molecule is CCN(CC(=O)NC(C)(C)C)C(=O)CSc1ccc(C)cc1. The third kappa shape index (κ3) is 6.98. The summed E-state index contributed by atoms with van der Waals surface area (Å²) in [5.41, 5.74) is 0.917. The lowest BCUT2D eigenvalue weighted by molar-refractivity contribution is -0.134. The molecule has 0 saturated carbocycles. The van der Waals surface area contributed by atoms with E-state index in [0.717, 1.165) is 4.90 Å². The highest BCUT2D eigenvalue weighted by Crippen LogP contribution is 2.18. The van der Waals surface area contributed by atoms with Crippen molar-refractivity contribution in [3.63, 3.8) is 0 Å². The van der Waals surface area contributed by atoms with Gasteiger partial charge in [-0.1, -0.05) is 17.7 Å². The molecule has 0 aliphatic carbocycles. The van der Waals surface area contributed by atoms with E-state index in [9.17, 15) is 9.59 Å². The van der Waals surface area contributed by atoms with Crippen LogP contribution in [0.25, 0.3) is 0 Å². The molecule has 1 aromatic rings. The highest BCUT2D eigenvalue weighted by Gasteiger charge is 2.19. The smallest absolute Gasteiger partial charge is 0.240 e. The molecule has 0 aromatic heterocycles. The maximum absolute atomic E-state index is 12.2. The Morgan fingerprint density at radius 3 is 2.27 bits per heavy atom. The molecule has 0 spiro atoms. The minimum Gasteiger partial charge on any atom is -0.350 e. The van der Waals surface area contributed by atoms with Crippen molar-refractivity contribution in [2.75, 3.05) is 18.8 Å². The zero-order chi connectivity index (χ0) is 16.8. The van der Waals surface area contributed by atoms with Gasteiger partial charge in [-0.15, -0.1) is 11.8 Å².